The molecule has 0 amide bonds. The van der Waals surface area contributed by atoms with Crippen LogP contribution in [0.25, 0.3) is 22.4 Å². The third-order valence-corrected chi connectivity index (χ3v) is 3.75. The number of hydrogen-bond acceptors (Lipinski definition) is 8. The number of furan rings is 1. The van der Waals surface area contributed by atoms with Gasteiger partial charge in [-0.25, -0.2) is 4.79 Å². The molecular formula is C18H11N3O6. The molecule has 0 saturated carbocycles. The summed E-state index contributed by atoms with van der Waals surface area (Å²) in [7, 11) is 0. The molecule has 0 aliphatic rings. The predicted octanol–water partition coefficient (Wildman–Crippen LogP) is 3.75. The fraction of sp³-hybridized carbons (Fsp3) is 0.0556. The number of carbonyl (C=O) groups is 1. The minimum absolute atomic E-state index is 0.0433. The van der Waals surface area contributed by atoms with Crippen LogP contribution in [0, 0.1) is 10.1 Å². The van der Waals surface area contributed by atoms with Crippen molar-refractivity contribution < 1.29 is 23.3 Å². The van der Waals surface area contributed by atoms with Crippen LogP contribution in [-0.4, -0.2) is 21.1 Å². The third-order valence-electron chi connectivity index (χ3n) is 3.75. The lowest BCUT2D eigenvalue weighted by atomic mass is 10.2. The number of ether oxygens (including phenoxy) is 1. The molecule has 9 nitrogen and oxygen atoms in total. The van der Waals surface area contributed by atoms with Gasteiger partial charge in [0.15, 0.2) is 6.61 Å². The Bertz CT molecular complexity index is 1100. The van der Waals surface area contributed by atoms with Crippen molar-refractivity contribution in [1.29, 1.82) is 0 Å². The normalized spacial score (nSPS) is 10.8. The number of fused-ring (bicyclic) bond motifs is 1. The Morgan fingerprint density at radius 1 is 1.07 bits per heavy atom. The van der Waals surface area contributed by atoms with E-state index in [1.54, 1.807) is 18.2 Å². The molecule has 4 aromatic rings. The molecule has 0 radical (unpaired) electrons. The Labute approximate surface area is 151 Å². The van der Waals surface area contributed by atoms with Gasteiger partial charge in [-0.05, 0) is 24.3 Å². The number of rotatable bonds is 5. The van der Waals surface area contributed by atoms with Crippen molar-refractivity contribution in [2.45, 2.75) is 6.61 Å². The van der Waals surface area contributed by atoms with E-state index in [1.165, 1.54) is 24.3 Å². The van der Waals surface area contributed by atoms with Crippen LogP contribution in [0.4, 0.5) is 5.69 Å². The summed E-state index contributed by atoms with van der Waals surface area (Å²) in [5.74, 6) is -0.319. The first-order valence-electron chi connectivity index (χ1n) is 7.83. The quantitative estimate of drug-likeness (QED) is 0.298. The molecule has 2 heterocycles. The molecule has 0 aliphatic heterocycles. The van der Waals surface area contributed by atoms with Gasteiger partial charge in [-0.15, -0.1) is 10.2 Å². The Kier molecular flexibility index (Phi) is 4.09. The summed E-state index contributed by atoms with van der Waals surface area (Å²) in [4.78, 5) is 22.3. The Morgan fingerprint density at radius 3 is 2.59 bits per heavy atom. The van der Waals surface area contributed by atoms with Gasteiger partial charge >= 0.3 is 5.97 Å². The van der Waals surface area contributed by atoms with Gasteiger partial charge in [-0.1, -0.05) is 18.2 Å². The van der Waals surface area contributed by atoms with Gasteiger partial charge in [0.2, 0.25) is 11.7 Å². The van der Waals surface area contributed by atoms with E-state index in [2.05, 4.69) is 10.2 Å². The summed E-state index contributed by atoms with van der Waals surface area (Å²) >= 11 is 0. The number of carbonyl (C=O) groups excluding carboxylic acids is 1. The van der Waals surface area contributed by atoms with Gasteiger partial charge < -0.3 is 13.6 Å². The molecule has 4 rings (SSSR count). The number of non-ortho nitro benzene ring substituents is 1. The number of para-hydroxylation sites is 1. The molecule has 0 aliphatic carbocycles. The van der Waals surface area contributed by atoms with E-state index in [-0.39, 0.29) is 29.8 Å². The maximum Gasteiger partial charge on any atom is 0.374 e. The van der Waals surface area contributed by atoms with Crippen LogP contribution in [0.2, 0.25) is 0 Å². The highest BCUT2D eigenvalue weighted by Crippen LogP contribution is 2.22. The van der Waals surface area contributed by atoms with Gasteiger partial charge in [-0.3, -0.25) is 10.1 Å². The molecule has 9 heteroatoms. The topological polar surface area (TPSA) is 122 Å². The van der Waals surface area contributed by atoms with E-state index in [1.807, 2.05) is 12.1 Å². The molecule has 0 bridgehead atoms. The Morgan fingerprint density at radius 2 is 1.85 bits per heavy atom. The highest BCUT2D eigenvalue weighted by atomic mass is 16.6. The zero-order valence-corrected chi connectivity index (χ0v) is 13.7. The summed E-state index contributed by atoms with van der Waals surface area (Å²) < 4.78 is 16.0. The predicted molar refractivity (Wildman–Crippen MR) is 91.7 cm³/mol. The zero-order valence-electron chi connectivity index (χ0n) is 13.7. The molecule has 0 N–H and O–H groups in total. The minimum atomic E-state index is -0.652. The van der Waals surface area contributed by atoms with Crippen LogP contribution in [0.15, 0.2) is 63.4 Å². The highest BCUT2D eigenvalue weighted by Gasteiger charge is 2.16. The molecule has 0 atom stereocenters. The van der Waals surface area contributed by atoms with E-state index in [4.69, 9.17) is 13.6 Å². The summed E-state index contributed by atoms with van der Waals surface area (Å²) in [5, 5.41) is 19.1. The monoisotopic (exact) mass is 365 g/mol. The van der Waals surface area contributed by atoms with Crippen LogP contribution < -0.4 is 0 Å². The molecule has 0 unspecified atom stereocenters. The first kappa shape index (κ1) is 16.5. The number of esters is 1. The van der Waals surface area contributed by atoms with Crippen LogP contribution >= 0.6 is 0 Å². The number of nitro groups is 1. The van der Waals surface area contributed by atoms with Gasteiger partial charge in [0.1, 0.15) is 5.58 Å². The van der Waals surface area contributed by atoms with Crippen LogP contribution in [-0.2, 0) is 11.3 Å². The first-order valence-corrected chi connectivity index (χ1v) is 7.83. The minimum Gasteiger partial charge on any atom is -0.450 e. The average Bonchev–Trinajstić information content (AvgIpc) is 3.33. The lowest BCUT2D eigenvalue weighted by molar-refractivity contribution is -0.384. The van der Waals surface area contributed by atoms with E-state index < -0.39 is 10.9 Å². The van der Waals surface area contributed by atoms with Gasteiger partial charge in [0.05, 0.1) is 4.92 Å². The number of hydrogen-bond donors (Lipinski definition) is 0. The lowest BCUT2D eigenvalue weighted by Gasteiger charge is -1.98. The molecule has 0 spiro atoms. The van der Waals surface area contributed by atoms with Gasteiger partial charge in [-0.2, -0.15) is 0 Å². The van der Waals surface area contributed by atoms with Gasteiger partial charge in [0.25, 0.3) is 11.6 Å². The summed E-state index contributed by atoms with van der Waals surface area (Å²) in [6.07, 6.45) is 0. The Hall–Kier alpha value is -4.01. The third kappa shape index (κ3) is 3.38. The average molecular weight is 365 g/mol. The van der Waals surface area contributed by atoms with Crippen molar-refractivity contribution in [3.63, 3.8) is 0 Å². The molecule has 27 heavy (non-hydrogen) atoms. The number of benzene rings is 2. The molecule has 0 fully saturated rings. The maximum absolute atomic E-state index is 12.1. The van der Waals surface area contributed by atoms with Crippen LogP contribution in [0.5, 0.6) is 0 Å². The number of aromatic nitrogens is 2. The smallest absolute Gasteiger partial charge is 0.374 e. The maximum atomic E-state index is 12.1. The van der Waals surface area contributed by atoms with E-state index in [9.17, 15) is 14.9 Å². The standard InChI is InChI=1S/C18H11N3O6/c22-18(15-9-12-3-1-2-4-14(12)26-15)25-10-16-19-20-17(27-16)11-5-7-13(8-6-11)21(23)24/h1-9H,10H2. The van der Waals surface area contributed by atoms with Crippen LogP contribution in [0.3, 0.4) is 0 Å². The van der Waals surface area contributed by atoms with Crippen molar-refractivity contribution in [2.75, 3.05) is 0 Å². The first-order chi connectivity index (χ1) is 13.1. The molecule has 134 valence electrons. The fourth-order valence-electron chi connectivity index (χ4n) is 2.44. The van der Waals surface area contributed by atoms with Crippen molar-refractivity contribution in [2.24, 2.45) is 0 Å². The second-order valence-corrected chi connectivity index (χ2v) is 5.53. The zero-order chi connectivity index (χ0) is 18.8. The number of nitro benzene ring substituents is 1. The molecular weight excluding hydrogens is 354 g/mol. The molecule has 0 saturated heterocycles. The Balaban J connectivity index is 1.43. The highest BCUT2D eigenvalue weighted by molar-refractivity contribution is 5.92. The summed E-state index contributed by atoms with van der Waals surface area (Å²) in [6, 6.07) is 14.5. The van der Waals surface area contributed by atoms with E-state index in [0.717, 1.165) is 5.39 Å². The van der Waals surface area contributed by atoms with Crippen molar-refractivity contribution in [1.82, 2.24) is 10.2 Å². The molecule has 2 aromatic carbocycles. The van der Waals surface area contributed by atoms with Crippen molar-refractivity contribution in [3.05, 3.63) is 76.4 Å². The summed E-state index contributed by atoms with van der Waals surface area (Å²) in [5.41, 5.74) is 1.06. The number of nitrogens with zero attached hydrogens (tertiary/aromatic N) is 3. The van der Waals surface area contributed by atoms with Crippen molar-refractivity contribution >= 4 is 22.6 Å². The largest absolute Gasteiger partial charge is 0.450 e. The second-order valence-electron chi connectivity index (χ2n) is 5.53. The van der Waals surface area contributed by atoms with Crippen LogP contribution in [0.1, 0.15) is 16.4 Å². The SMILES string of the molecule is O=C(OCc1nnc(-c2ccc([N+](=O)[O-])cc2)o1)c1cc2ccccc2o1. The fourth-order valence-corrected chi connectivity index (χ4v) is 2.44. The van der Waals surface area contributed by atoms with E-state index >= 15 is 0 Å². The molecule has 2 aromatic heterocycles. The second kappa shape index (κ2) is 6.71. The summed E-state index contributed by atoms with van der Waals surface area (Å²) in [6.45, 7) is -0.226. The van der Waals surface area contributed by atoms with E-state index in [0.29, 0.717) is 11.1 Å². The lowest BCUT2D eigenvalue weighted by Crippen LogP contribution is -2.04. The van der Waals surface area contributed by atoms with Crippen molar-refractivity contribution in [3.8, 4) is 11.5 Å². The van der Waals surface area contributed by atoms with Gasteiger partial charge in [0, 0.05) is 23.1 Å².